The highest BCUT2D eigenvalue weighted by Gasteiger charge is 1.99. The molecule has 3 N–H and O–H groups in total. The molecule has 0 aliphatic rings. The lowest BCUT2D eigenvalue weighted by molar-refractivity contribution is -0.114. The van der Waals surface area contributed by atoms with Gasteiger partial charge in [-0.3, -0.25) is 4.79 Å². The second-order valence-corrected chi connectivity index (χ2v) is 2.01. The number of hydrogen-bond donors (Lipinski definition) is 2. The first-order valence-corrected chi connectivity index (χ1v) is 3.05. The second-order valence-electron chi connectivity index (χ2n) is 2.01. The molecule has 5 nitrogen and oxygen atoms in total. The molecule has 0 aliphatic heterocycles. The summed E-state index contributed by atoms with van der Waals surface area (Å²) in [6.45, 7) is 1.40. The molecule has 0 radical (unpaired) electrons. The maximum Gasteiger partial charge on any atom is 0.221 e. The molecule has 0 bridgehead atoms. The summed E-state index contributed by atoms with van der Waals surface area (Å²) < 4.78 is 0. The van der Waals surface area contributed by atoms with Crippen LogP contribution < -0.4 is 11.1 Å². The Morgan fingerprint density at radius 1 is 1.73 bits per heavy atom. The van der Waals surface area contributed by atoms with Crippen LogP contribution in [0.5, 0.6) is 0 Å². The number of amides is 1. The topological polar surface area (TPSA) is 80.9 Å². The summed E-state index contributed by atoms with van der Waals surface area (Å²) in [5.41, 5.74) is 5.87. The van der Waals surface area contributed by atoms with Crippen molar-refractivity contribution in [2.75, 3.05) is 11.1 Å². The van der Waals surface area contributed by atoms with Crippen LogP contribution in [0.3, 0.4) is 0 Å². The summed E-state index contributed by atoms with van der Waals surface area (Å²) in [7, 11) is 0. The lowest BCUT2D eigenvalue weighted by Gasteiger charge is -2.01. The fourth-order valence-electron chi connectivity index (χ4n) is 0.638. The van der Waals surface area contributed by atoms with E-state index in [1.165, 1.54) is 13.1 Å². The van der Waals surface area contributed by atoms with Crippen molar-refractivity contribution in [3.05, 3.63) is 12.3 Å². The summed E-state index contributed by atoms with van der Waals surface area (Å²) in [4.78, 5) is 10.6. The van der Waals surface area contributed by atoms with Crippen molar-refractivity contribution in [1.82, 2.24) is 10.2 Å². The van der Waals surface area contributed by atoms with Crippen LogP contribution in [0.2, 0.25) is 0 Å². The molecule has 0 unspecified atom stereocenters. The second kappa shape index (κ2) is 2.96. The molecule has 5 heteroatoms. The molecule has 11 heavy (non-hydrogen) atoms. The van der Waals surface area contributed by atoms with Gasteiger partial charge in [0.2, 0.25) is 5.91 Å². The van der Waals surface area contributed by atoms with Crippen LogP contribution in [0, 0.1) is 0 Å². The maximum absolute atomic E-state index is 10.6. The van der Waals surface area contributed by atoms with E-state index in [9.17, 15) is 4.79 Å². The molecule has 1 heterocycles. The van der Waals surface area contributed by atoms with Crippen LogP contribution in [0.15, 0.2) is 12.3 Å². The van der Waals surface area contributed by atoms with Crippen LogP contribution in [-0.2, 0) is 4.79 Å². The maximum atomic E-state index is 10.6. The highest BCUT2D eigenvalue weighted by atomic mass is 16.1. The van der Waals surface area contributed by atoms with Crippen LogP contribution >= 0.6 is 0 Å². The SMILES string of the molecule is CC(=O)Nc1ccnnc1N. The zero-order chi connectivity index (χ0) is 8.27. The van der Waals surface area contributed by atoms with Crippen molar-refractivity contribution in [1.29, 1.82) is 0 Å². The van der Waals surface area contributed by atoms with E-state index >= 15 is 0 Å². The third-order valence-corrected chi connectivity index (χ3v) is 1.06. The predicted molar refractivity (Wildman–Crippen MR) is 40.7 cm³/mol. The lowest BCUT2D eigenvalue weighted by atomic mass is 10.4. The minimum Gasteiger partial charge on any atom is -0.380 e. The van der Waals surface area contributed by atoms with Crippen molar-refractivity contribution in [3.8, 4) is 0 Å². The summed E-state index contributed by atoms with van der Waals surface area (Å²) in [5.74, 6) is 0.0485. The van der Waals surface area contributed by atoms with E-state index < -0.39 is 0 Å². The smallest absolute Gasteiger partial charge is 0.221 e. The number of nitrogens with zero attached hydrogens (tertiary/aromatic N) is 2. The molecule has 58 valence electrons. The van der Waals surface area contributed by atoms with Crippen molar-refractivity contribution in [2.45, 2.75) is 6.92 Å². The van der Waals surface area contributed by atoms with Gasteiger partial charge in [0.05, 0.1) is 11.9 Å². The van der Waals surface area contributed by atoms with Gasteiger partial charge in [-0.2, -0.15) is 5.10 Å². The van der Waals surface area contributed by atoms with E-state index in [4.69, 9.17) is 5.73 Å². The minimum absolute atomic E-state index is 0.176. The number of hydrogen-bond acceptors (Lipinski definition) is 4. The summed E-state index contributed by atoms with van der Waals surface area (Å²) >= 11 is 0. The van der Waals surface area contributed by atoms with Gasteiger partial charge in [-0.15, -0.1) is 5.10 Å². The van der Waals surface area contributed by atoms with Crippen LogP contribution in [0.25, 0.3) is 0 Å². The number of carbonyl (C=O) groups excluding carboxylic acids is 1. The molecular weight excluding hydrogens is 144 g/mol. The molecule has 1 amide bonds. The van der Waals surface area contributed by atoms with Crippen molar-refractivity contribution in [2.24, 2.45) is 0 Å². The first kappa shape index (κ1) is 7.46. The fraction of sp³-hybridized carbons (Fsp3) is 0.167. The molecule has 1 aromatic rings. The Hall–Kier alpha value is -1.65. The van der Waals surface area contributed by atoms with Gasteiger partial charge in [-0.25, -0.2) is 0 Å². The van der Waals surface area contributed by atoms with Gasteiger partial charge in [-0.05, 0) is 6.07 Å². The highest BCUT2D eigenvalue weighted by Crippen LogP contribution is 2.11. The van der Waals surface area contributed by atoms with Gasteiger partial charge in [0.15, 0.2) is 5.82 Å². The molecule has 0 spiro atoms. The summed E-state index contributed by atoms with van der Waals surface area (Å²) in [6, 6.07) is 1.59. The van der Waals surface area contributed by atoms with Crippen molar-refractivity contribution < 1.29 is 4.79 Å². The highest BCUT2D eigenvalue weighted by molar-refractivity contribution is 5.91. The van der Waals surface area contributed by atoms with E-state index in [-0.39, 0.29) is 11.7 Å². The molecular formula is C6H8N4O. The largest absolute Gasteiger partial charge is 0.380 e. The fourth-order valence-corrected chi connectivity index (χ4v) is 0.638. The number of carbonyl (C=O) groups is 1. The Morgan fingerprint density at radius 2 is 2.45 bits per heavy atom. The average Bonchev–Trinajstić information content (AvgIpc) is 1.93. The first-order valence-electron chi connectivity index (χ1n) is 3.05. The van der Waals surface area contributed by atoms with Gasteiger partial charge in [0.1, 0.15) is 0 Å². The zero-order valence-corrected chi connectivity index (χ0v) is 6.03. The quantitative estimate of drug-likeness (QED) is 0.594. The van der Waals surface area contributed by atoms with E-state index in [0.717, 1.165) is 0 Å². The Labute approximate surface area is 63.6 Å². The number of nitrogens with two attached hydrogens (primary N) is 1. The van der Waals surface area contributed by atoms with Gasteiger partial charge < -0.3 is 11.1 Å². The molecule has 0 aromatic carbocycles. The van der Waals surface area contributed by atoms with E-state index in [0.29, 0.717) is 5.69 Å². The summed E-state index contributed by atoms with van der Waals surface area (Å²) in [6.07, 6.45) is 1.46. The number of aromatic nitrogens is 2. The zero-order valence-electron chi connectivity index (χ0n) is 6.03. The molecule has 0 saturated heterocycles. The Bertz CT molecular complexity index is 273. The first-order chi connectivity index (χ1) is 5.20. The normalized spacial score (nSPS) is 9.18. The third-order valence-electron chi connectivity index (χ3n) is 1.06. The van der Waals surface area contributed by atoms with Crippen LogP contribution in [0.4, 0.5) is 11.5 Å². The number of rotatable bonds is 1. The van der Waals surface area contributed by atoms with Crippen molar-refractivity contribution in [3.63, 3.8) is 0 Å². The molecule has 1 aromatic heterocycles. The molecule has 1 rings (SSSR count). The van der Waals surface area contributed by atoms with Gasteiger partial charge in [0, 0.05) is 6.92 Å². The minimum atomic E-state index is -0.176. The number of nitrogen functional groups attached to an aromatic ring is 1. The molecule has 0 saturated carbocycles. The van der Waals surface area contributed by atoms with Gasteiger partial charge >= 0.3 is 0 Å². The van der Waals surface area contributed by atoms with Gasteiger partial charge in [0.25, 0.3) is 0 Å². The predicted octanol–water partition coefficient (Wildman–Crippen LogP) is 0.0172. The Morgan fingerprint density at radius 3 is 3.00 bits per heavy atom. The Kier molecular flexibility index (Phi) is 2.00. The monoisotopic (exact) mass is 152 g/mol. The average molecular weight is 152 g/mol. The van der Waals surface area contributed by atoms with Crippen LogP contribution in [0.1, 0.15) is 6.92 Å². The molecule has 0 aliphatic carbocycles. The van der Waals surface area contributed by atoms with E-state index in [1.54, 1.807) is 6.07 Å². The van der Waals surface area contributed by atoms with E-state index in [1.807, 2.05) is 0 Å². The third kappa shape index (κ3) is 1.89. The summed E-state index contributed by atoms with van der Waals surface area (Å²) in [5, 5.41) is 9.58. The van der Waals surface area contributed by atoms with Crippen molar-refractivity contribution >= 4 is 17.4 Å². The Balaban J connectivity index is 2.86. The number of nitrogens with one attached hydrogen (secondary N) is 1. The number of anilines is 2. The van der Waals surface area contributed by atoms with E-state index in [2.05, 4.69) is 15.5 Å². The molecule has 0 atom stereocenters. The standard InChI is InChI=1S/C6H8N4O/c1-4(11)9-5-2-3-8-10-6(5)7/h2-3H,1H3,(H2,7,10)(H,8,9,11). The van der Waals surface area contributed by atoms with Gasteiger partial charge in [-0.1, -0.05) is 0 Å². The lowest BCUT2D eigenvalue weighted by Crippen LogP contribution is -2.09. The molecule has 0 fully saturated rings. The van der Waals surface area contributed by atoms with Crippen LogP contribution in [-0.4, -0.2) is 16.1 Å².